The van der Waals surface area contributed by atoms with Gasteiger partial charge >= 0.3 is 29.9 Å². The first-order valence-corrected chi connectivity index (χ1v) is 16.3. The Kier molecular flexibility index (Phi) is 19.2. The van der Waals surface area contributed by atoms with Crippen LogP contribution in [0.2, 0.25) is 0 Å². The number of ether oxygens (including phenoxy) is 5. The van der Waals surface area contributed by atoms with E-state index in [0.29, 0.717) is 0 Å². The maximum atomic E-state index is 12.3. The van der Waals surface area contributed by atoms with Gasteiger partial charge in [0.1, 0.15) is 38.4 Å². The van der Waals surface area contributed by atoms with Gasteiger partial charge in [0.15, 0.2) is 24.6 Å². The van der Waals surface area contributed by atoms with Crippen LogP contribution in [0.3, 0.4) is 0 Å². The standard InChI is InChI=1S/C18H24N4O18.C13H12N2O/c23-11(1-5-19(28)29)36-9-10-15(38-12(24)2-6-20(30)31)16(39-13(25)3-7-21(32)33)17(18(27)37-10)40-14(26)4-8-22(34)35;16-13(14-11-7-3-1-4-8-11)15-12-9-5-2-6-10-12/h10,15-18,27H,1-9H2;1-10H,(H2,14,15,16). The minimum atomic E-state index is -2.22. The molecular formula is C31H36N6O19. The number of nitrogens with zero attached hydrogens (tertiary/aromatic N) is 4. The van der Waals surface area contributed by atoms with Gasteiger partial charge in [-0.25, -0.2) is 4.79 Å². The molecule has 3 N–H and O–H groups in total. The highest BCUT2D eigenvalue weighted by atomic mass is 16.7. The molecule has 5 atom stereocenters. The van der Waals surface area contributed by atoms with Gasteiger partial charge in [0.25, 0.3) is 0 Å². The topological polar surface area (TPSA) is 348 Å². The summed E-state index contributed by atoms with van der Waals surface area (Å²) in [4.78, 5) is 98.8. The number of carbonyl (C=O) groups is 5. The lowest BCUT2D eigenvalue weighted by Gasteiger charge is -2.42. The number of para-hydroxylation sites is 2. The molecule has 1 aliphatic heterocycles. The highest BCUT2D eigenvalue weighted by Crippen LogP contribution is 2.29. The van der Waals surface area contributed by atoms with E-state index >= 15 is 0 Å². The quantitative estimate of drug-likeness (QED) is 0.0771. The number of hydrogen-bond donors (Lipinski definition) is 3. The molecule has 3 rings (SSSR count). The van der Waals surface area contributed by atoms with Crippen LogP contribution in [0.25, 0.3) is 0 Å². The minimum absolute atomic E-state index is 0.239. The van der Waals surface area contributed by atoms with Gasteiger partial charge in [0.05, 0.1) is 0 Å². The van der Waals surface area contributed by atoms with Crippen LogP contribution >= 0.6 is 0 Å². The molecule has 1 aliphatic rings. The van der Waals surface area contributed by atoms with E-state index in [1.807, 2.05) is 60.7 Å². The second-order valence-corrected chi connectivity index (χ2v) is 11.1. The second-order valence-electron chi connectivity index (χ2n) is 11.1. The third kappa shape index (κ3) is 18.2. The van der Waals surface area contributed by atoms with Crippen LogP contribution in [-0.2, 0) is 42.9 Å². The number of nitrogens with one attached hydrogen (secondary N) is 2. The van der Waals surface area contributed by atoms with Crippen LogP contribution in [0.5, 0.6) is 0 Å². The van der Waals surface area contributed by atoms with Crippen molar-refractivity contribution in [2.24, 2.45) is 0 Å². The maximum absolute atomic E-state index is 12.3. The van der Waals surface area contributed by atoms with Gasteiger partial charge in [0.2, 0.25) is 26.2 Å². The Morgan fingerprint density at radius 3 is 1.32 bits per heavy atom. The highest BCUT2D eigenvalue weighted by molar-refractivity contribution is 5.99. The normalized spacial score (nSPS) is 18.3. The first-order valence-electron chi connectivity index (χ1n) is 16.3. The van der Waals surface area contributed by atoms with Crippen molar-refractivity contribution >= 4 is 41.3 Å². The number of esters is 4. The lowest BCUT2D eigenvalue weighted by Crippen LogP contribution is -2.62. The molecule has 0 radical (unpaired) electrons. The molecule has 0 aliphatic carbocycles. The van der Waals surface area contributed by atoms with E-state index in [-0.39, 0.29) is 6.03 Å². The molecule has 0 bridgehead atoms. The summed E-state index contributed by atoms with van der Waals surface area (Å²) in [6.45, 7) is -4.46. The number of anilines is 2. The molecule has 2 aromatic rings. The van der Waals surface area contributed by atoms with E-state index in [0.717, 1.165) is 11.4 Å². The molecule has 0 aromatic heterocycles. The molecule has 0 saturated carbocycles. The number of carbonyl (C=O) groups excluding carboxylic acids is 5. The minimum Gasteiger partial charge on any atom is -0.463 e. The van der Waals surface area contributed by atoms with Crippen LogP contribution in [0.4, 0.5) is 16.2 Å². The predicted octanol–water partition coefficient (Wildman–Crippen LogP) is 0.980. The largest absolute Gasteiger partial charge is 0.463 e. The van der Waals surface area contributed by atoms with Crippen molar-refractivity contribution in [1.29, 1.82) is 0 Å². The lowest BCUT2D eigenvalue weighted by molar-refractivity contribution is -0.479. The average molecular weight is 797 g/mol. The van der Waals surface area contributed by atoms with Gasteiger partial charge in [-0.15, -0.1) is 0 Å². The fourth-order valence-electron chi connectivity index (χ4n) is 4.38. The van der Waals surface area contributed by atoms with Gasteiger partial charge in [-0.05, 0) is 24.3 Å². The Hall–Kier alpha value is -6.89. The summed E-state index contributed by atoms with van der Waals surface area (Å²) in [5.74, 6) is -5.06. The van der Waals surface area contributed by atoms with Gasteiger partial charge in [-0.2, -0.15) is 0 Å². The van der Waals surface area contributed by atoms with Crippen LogP contribution in [0.15, 0.2) is 60.7 Å². The number of amides is 2. The molecule has 0 spiro atoms. The van der Waals surface area contributed by atoms with Crippen molar-refractivity contribution in [1.82, 2.24) is 0 Å². The first-order chi connectivity index (χ1) is 26.5. The zero-order chi connectivity index (χ0) is 41.6. The zero-order valence-electron chi connectivity index (χ0n) is 29.1. The third-order valence-corrected chi connectivity index (χ3v) is 6.88. The van der Waals surface area contributed by atoms with Crippen molar-refractivity contribution in [3.8, 4) is 0 Å². The molecule has 304 valence electrons. The monoisotopic (exact) mass is 796 g/mol. The highest BCUT2D eigenvalue weighted by Gasteiger charge is 2.52. The molecule has 56 heavy (non-hydrogen) atoms. The molecule has 1 saturated heterocycles. The van der Waals surface area contributed by atoms with E-state index in [1.165, 1.54) is 0 Å². The Labute approximate surface area is 314 Å². The number of hydrogen-bond acceptors (Lipinski definition) is 19. The summed E-state index contributed by atoms with van der Waals surface area (Å²) >= 11 is 0. The number of aliphatic hydroxyl groups is 1. The summed E-state index contributed by atoms with van der Waals surface area (Å²) in [5.41, 5.74) is 1.55. The maximum Gasteiger partial charge on any atom is 0.323 e. The van der Waals surface area contributed by atoms with Crippen molar-refractivity contribution in [3.05, 3.63) is 101 Å². The first kappa shape index (κ1) is 45.3. The van der Waals surface area contributed by atoms with E-state index in [2.05, 4.69) is 10.6 Å². The average Bonchev–Trinajstić information content (AvgIpc) is 3.14. The molecule has 1 heterocycles. The van der Waals surface area contributed by atoms with Crippen molar-refractivity contribution < 1.29 is 72.5 Å². The Balaban J connectivity index is 0.000000556. The van der Waals surface area contributed by atoms with Gasteiger partial charge in [-0.3, -0.25) is 59.6 Å². The van der Waals surface area contributed by atoms with Gasteiger partial charge in [0, 0.05) is 31.1 Å². The summed E-state index contributed by atoms with van der Waals surface area (Å²) in [6, 6.07) is 18.4. The number of rotatable bonds is 19. The van der Waals surface area contributed by atoms with E-state index in [1.54, 1.807) is 0 Å². The summed E-state index contributed by atoms with van der Waals surface area (Å²) in [7, 11) is 0. The third-order valence-electron chi connectivity index (χ3n) is 6.88. The number of benzene rings is 2. The fraction of sp³-hybridized carbons (Fsp3) is 0.452. The second kappa shape index (κ2) is 23.7. The molecule has 25 heteroatoms. The number of nitro groups is 4. The van der Waals surface area contributed by atoms with Crippen molar-refractivity contribution in [2.75, 3.05) is 43.4 Å². The summed E-state index contributed by atoms with van der Waals surface area (Å²) < 4.78 is 25.1. The smallest absolute Gasteiger partial charge is 0.323 e. The lowest BCUT2D eigenvalue weighted by atomic mass is 9.98. The van der Waals surface area contributed by atoms with E-state index in [4.69, 9.17) is 23.7 Å². The number of urea groups is 1. The van der Waals surface area contributed by atoms with Crippen LogP contribution in [0.1, 0.15) is 25.7 Å². The Bertz CT molecular complexity index is 1640. The van der Waals surface area contributed by atoms with Gasteiger partial charge < -0.3 is 39.4 Å². The fourth-order valence-corrected chi connectivity index (χ4v) is 4.38. The SMILES string of the molecule is O=C(CC[N+](=O)[O-])OCC1OC(O)C(OC(=O)CC[N+](=O)[O-])C(OC(=O)CC[N+](=O)[O-])C1OC(=O)CC[N+](=O)[O-].O=C(Nc1ccccc1)Nc1ccccc1. The van der Waals surface area contributed by atoms with E-state index in [9.17, 15) is 69.5 Å². The Morgan fingerprint density at radius 1 is 0.571 bits per heavy atom. The molecule has 1 fully saturated rings. The van der Waals surface area contributed by atoms with Crippen molar-refractivity contribution in [2.45, 2.75) is 56.4 Å². The van der Waals surface area contributed by atoms with E-state index < -0.39 is 133 Å². The Morgan fingerprint density at radius 2 is 0.929 bits per heavy atom. The van der Waals surface area contributed by atoms with Crippen molar-refractivity contribution in [3.63, 3.8) is 0 Å². The van der Waals surface area contributed by atoms with Crippen LogP contribution < -0.4 is 10.6 Å². The molecule has 5 unspecified atom stereocenters. The van der Waals surface area contributed by atoms with Crippen LogP contribution in [0, 0.1) is 40.5 Å². The molecule has 2 amide bonds. The zero-order valence-corrected chi connectivity index (χ0v) is 29.1. The van der Waals surface area contributed by atoms with Crippen LogP contribution in [-0.4, -0.2) is 118 Å². The number of aliphatic hydroxyl groups excluding tert-OH is 1. The summed E-state index contributed by atoms with van der Waals surface area (Å²) in [5, 5.41) is 58.2. The summed E-state index contributed by atoms with van der Waals surface area (Å²) in [6.07, 6.45) is -13.2. The molecular weight excluding hydrogens is 760 g/mol. The van der Waals surface area contributed by atoms with Gasteiger partial charge in [-0.1, -0.05) is 36.4 Å². The molecule has 2 aromatic carbocycles. The predicted molar refractivity (Wildman–Crippen MR) is 183 cm³/mol. The molecule has 25 nitrogen and oxygen atoms in total.